The number of hydrazine groups is 1. The van der Waals surface area contributed by atoms with E-state index in [2.05, 4.69) is 51.5 Å². The standard InChI is InChI=1S/C33H38N6O3/c1-33(2,3)42-32(41)39-19-26(25-11-7-10-24(18-25)22-8-5-4-6-9-22)29(21-39)35-31(40)38-17-14-28-27(20-38)30(37-36-28)23-12-15-34-16-13-23/h4-13,15-16,18,26,29-30,36-37H,14,17,19-21H2,1-3H3,(H,35,40)/t26-,29?,30?/m0/s1. The van der Waals surface area contributed by atoms with Crippen molar-refractivity contribution in [3.8, 4) is 11.1 Å². The molecule has 9 heteroatoms. The second-order valence-corrected chi connectivity index (χ2v) is 12.2. The van der Waals surface area contributed by atoms with E-state index in [1.165, 1.54) is 0 Å². The Morgan fingerprint density at radius 2 is 1.69 bits per heavy atom. The number of amides is 3. The van der Waals surface area contributed by atoms with Gasteiger partial charge in [0.15, 0.2) is 0 Å². The van der Waals surface area contributed by atoms with E-state index in [4.69, 9.17) is 4.74 Å². The molecule has 2 unspecified atom stereocenters. The number of benzene rings is 2. The van der Waals surface area contributed by atoms with Crippen LogP contribution in [0, 0.1) is 0 Å². The highest BCUT2D eigenvalue weighted by Gasteiger charge is 2.40. The zero-order valence-corrected chi connectivity index (χ0v) is 24.3. The Bertz CT molecular complexity index is 1470. The van der Waals surface area contributed by atoms with Gasteiger partial charge >= 0.3 is 12.1 Å². The Balaban J connectivity index is 1.21. The first-order valence-corrected chi connectivity index (χ1v) is 14.6. The molecule has 3 aromatic rings. The Hall–Kier alpha value is -4.37. The summed E-state index contributed by atoms with van der Waals surface area (Å²) in [5, 5.41) is 3.30. The number of nitrogens with zero attached hydrogens (tertiary/aromatic N) is 3. The van der Waals surface area contributed by atoms with Gasteiger partial charge in [0.1, 0.15) is 5.60 Å². The lowest BCUT2D eigenvalue weighted by Crippen LogP contribution is -2.49. The summed E-state index contributed by atoms with van der Waals surface area (Å²) >= 11 is 0. The molecule has 2 aromatic carbocycles. The number of likely N-dealkylation sites (tertiary alicyclic amines) is 1. The van der Waals surface area contributed by atoms with Crippen LogP contribution < -0.4 is 16.2 Å². The molecule has 6 rings (SSSR count). The predicted octanol–water partition coefficient (Wildman–Crippen LogP) is 4.97. The highest BCUT2D eigenvalue weighted by atomic mass is 16.6. The maximum Gasteiger partial charge on any atom is 0.410 e. The van der Waals surface area contributed by atoms with Crippen LogP contribution in [-0.4, -0.2) is 64.7 Å². The van der Waals surface area contributed by atoms with Crippen molar-refractivity contribution in [1.29, 1.82) is 0 Å². The van der Waals surface area contributed by atoms with Gasteiger partial charge in [0.25, 0.3) is 0 Å². The van der Waals surface area contributed by atoms with E-state index in [0.29, 0.717) is 26.2 Å². The lowest BCUT2D eigenvalue weighted by molar-refractivity contribution is 0.0289. The third-order valence-electron chi connectivity index (χ3n) is 8.13. The van der Waals surface area contributed by atoms with Crippen molar-refractivity contribution in [3.63, 3.8) is 0 Å². The number of hydrogen-bond acceptors (Lipinski definition) is 6. The molecule has 3 aliphatic rings. The van der Waals surface area contributed by atoms with Gasteiger partial charge in [-0.1, -0.05) is 54.6 Å². The summed E-state index contributed by atoms with van der Waals surface area (Å²) in [4.78, 5) is 34.6. The number of carbonyl (C=O) groups excluding carboxylic acids is 2. The van der Waals surface area contributed by atoms with Crippen LogP contribution in [0.1, 0.15) is 50.3 Å². The third kappa shape index (κ3) is 5.97. The predicted molar refractivity (Wildman–Crippen MR) is 161 cm³/mol. The zero-order valence-electron chi connectivity index (χ0n) is 24.3. The van der Waals surface area contributed by atoms with Crippen molar-refractivity contribution in [1.82, 2.24) is 31.0 Å². The number of ether oxygens (including phenoxy) is 1. The molecule has 9 nitrogen and oxygen atoms in total. The van der Waals surface area contributed by atoms with E-state index < -0.39 is 5.60 Å². The first-order valence-electron chi connectivity index (χ1n) is 14.6. The second-order valence-electron chi connectivity index (χ2n) is 12.2. The molecule has 1 saturated heterocycles. The van der Waals surface area contributed by atoms with Crippen molar-refractivity contribution in [2.75, 3.05) is 26.2 Å². The van der Waals surface area contributed by atoms with Gasteiger partial charge in [-0.15, -0.1) is 0 Å². The van der Waals surface area contributed by atoms with E-state index in [9.17, 15) is 9.59 Å². The number of carbonyl (C=O) groups is 2. The summed E-state index contributed by atoms with van der Waals surface area (Å²) in [6, 6.07) is 22.2. The lowest BCUT2D eigenvalue weighted by atomic mass is 9.91. The molecule has 3 N–H and O–H groups in total. The molecule has 0 aliphatic carbocycles. The van der Waals surface area contributed by atoms with Crippen LogP contribution in [0.25, 0.3) is 11.1 Å². The minimum absolute atomic E-state index is 0.0128. The molecular weight excluding hydrogens is 528 g/mol. The summed E-state index contributed by atoms with van der Waals surface area (Å²) < 4.78 is 5.71. The molecule has 3 aliphatic heterocycles. The number of pyridine rings is 1. The van der Waals surface area contributed by atoms with E-state index in [1.807, 2.05) is 62.1 Å². The van der Waals surface area contributed by atoms with Gasteiger partial charge < -0.3 is 25.3 Å². The number of aromatic nitrogens is 1. The van der Waals surface area contributed by atoms with Gasteiger partial charge in [0.2, 0.25) is 0 Å². The van der Waals surface area contributed by atoms with Gasteiger partial charge in [-0.2, -0.15) is 0 Å². The highest BCUT2D eigenvalue weighted by molar-refractivity contribution is 5.76. The van der Waals surface area contributed by atoms with E-state index in [1.54, 1.807) is 17.3 Å². The van der Waals surface area contributed by atoms with Crippen LogP contribution in [0.4, 0.5) is 9.59 Å². The van der Waals surface area contributed by atoms with Crippen LogP contribution >= 0.6 is 0 Å². The number of rotatable bonds is 4. The molecule has 4 heterocycles. The molecule has 0 spiro atoms. The Morgan fingerprint density at radius 1 is 0.929 bits per heavy atom. The summed E-state index contributed by atoms with van der Waals surface area (Å²) in [5.41, 5.74) is 12.8. The average Bonchev–Trinajstić information content (AvgIpc) is 3.62. The van der Waals surface area contributed by atoms with Gasteiger partial charge in [-0.25, -0.2) is 15.0 Å². The van der Waals surface area contributed by atoms with Crippen molar-refractivity contribution >= 4 is 12.1 Å². The Labute approximate surface area is 246 Å². The summed E-state index contributed by atoms with van der Waals surface area (Å²) in [5.74, 6) is -0.0796. The van der Waals surface area contributed by atoms with Gasteiger partial charge in [0, 0.05) is 56.6 Å². The van der Waals surface area contributed by atoms with Gasteiger partial charge in [0.05, 0.1) is 12.1 Å². The minimum atomic E-state index is -0.602. The third-order valence-corrected chi connectivity index (χ3v) is 8.13. The largest absolute Gasteiger partial charge is 0.444 e. The smallest absolute Gasteiger partial charge is 0.410 e. The Morgan fingerprint density at radius 3 is 2.45 bits per heavy atom. The quantitative estimate of drug-likeness (QED) is 0.413. The van der Waals surface area contributed by atoms with Crippen LogP contribution in [0.5, 0.6) is 0 Å². The molecule has 3 amide bonds. The van der Waals surface area contributed by atoms with Crippen LogP contribution in [0.3, 0.4) is 0 Å². The maximum absolute atomic E-state index is 13.8. The van der Waals surface area contributed by atoms with Crippen molar-refractivity contribution in [2.24, 2.45) is 0 Å². The molecule has 1 fully saturated rings. The van der Waals surface area contributed by atoms with E-state index >= 15 is 0 Å². The zero-order chi connectivity index (χ0) is 29.3. The molecule has 1 aromatic heterocycles. The van der Waals surface area contributed by atoms with E-state index in [0.717, 1.165) is 39.9 Å². The molecule has 0 bridgehead atoms. The van der Waals surface area contributed by atoms with Crippen molar-refractivity contribution in [3.05, 3.63) is 102 Å². The van der Waals surface area contributed by atoms with Crippen molar-refractivity contribution < 1.29 is 14.3 Å². The fourth-order valence-electron chi connectivity index (χ4n) is 6.05. The van der Waals surface area contributed by atoms with Crippen LogP contribution in [-0.2, 0) is 4.74 Å². The molecule has 3 atom stereocenters. The number of urea groups is 1. The van der Waals surface area contributed by atoms with Crippen LogP contribution in [0.15, 0.2) is 90.4 Å². The fourth-order valence-corrected chi connectivity index (χ4v) is 6.05. The van der Waals surface area contributed by atoms with E-state index in [-0.39, 0.29) is 30.1 Å². The monoisotopic (exact) mass is 566 g/mol. The second kappa shape index (κ2) is 11.5. The minimum Gasteiger partial charge on any atom is -0.444 e. The number of nitrogens with one attached hydrogen (secondary N) is 3. The molecular formula is C33H38N6O3. The molecule has 0 saturated carbocycles. The highest BCUT2D eigenvalue weighted by Crippen LogP contribution is 2.34. The topological polar surface area (TPSA) is 98.8 Å². The summed E-state index contributed by atoms with van der Waals surface area (Å²) in [6.07, 6.45) is 3.95. The lowest BCUT2D eigenvalue weighted by Gasteiger charge is -2.31. The molecule has 42 heavy (non-hydrogen) atoms. The summed E-state index contributed by atoms with van der Waals surface area (Å²) in [6.45, 7) is 7.57. The van der Waals surface area contributed by atoms with Gasteiger partial charge in [-0.3, -0.25) is 4.98 Å². The summed E-state index contributed by atoms with van der Waals surface area (Å²) in [7, 11) is 0. The molecule has 0 radical (unpaired) electrons. The van der Waals surface area contributed by atoms with Gasteiger partial charge in [-0.05, 0) is 60.7 Å². The van der Waals surface area contributed by atoms with Crippen molar-refractivity contribution in [2.45, 2.75) is 50.8 Å². The SMILES string of the molecule is CC(C)(C)OC(=O)N1CC(NC(=O)N2CCC3=C(C2)C(c2ccncc2)NN3)[C@H](c2cccc(-c3ccccc3)c2)C1. The normalized spacial score (nSPS) is 22.0. The first-order chi connectivity index (χ1) is 20.2. The average molecular weight is 567 g/mol. The molecule has 218 valence electrons. The van der Waals surface area contributed by atoms with Crippen LogP contribution in [0.2, 0.25) is 0 Å². The fraction of sp³-hybridized carbons (Fsp3) is 0.364. The maximum atomic E-state index is 13.8. The number of hydrogen-bond donors (Lipinski definition) is 3. The Kier molecular flexibility index (Phi) is 7.60. The first kappa shape index (κ1) is 27.8.